The average molecular weight is 945 g/mol. The Labute approximate surface area is 434 Å². The Morgan fingerprint density at radius 2 is 0.459 bits per heavy atom. The van der Waals surface area contributed by atoms with Crippen LogP contribution in [0.3, 0.4) is 0 Å². The lowest BCUT2D eigenvalue weighted by Crippen LogP contribution is -2.10. The summed E-state index contributed by atoms with van der Waals surface area (Å²) in [6, 6.07) is 105. The first-order valence-corrected chi connectivity index (χ1v) is 25.3. The second-order valence-electron chi connectivity index (χ2n) is 18.5. The van der Waals surface area contributed by atoms with Crippen LogP contribution in [0.25, 0.3) is 79.2 Å². The Morgan fingerprint density at radius 3 is 0.878 bits per heavy atom. The van der Waals surface area contributed by atoms with Gasteiger partial charge in [0.2, 0.25) is 0 Å². The van der Waals surface area contributed by atoms with Crippen molar-refractivity contribution in [3.63, 3.8) is 0 Å². The first-order valence-electron chi connectivity index (χ1n) is 25.3. The van der Waals surface area contributed by atoms with Crippen molar-refractivity contribution in [2.75, 3.05) is 9.80 Å². The predicted molar refractivity (Wildman–Crippen MR) is 318 cm³/mol. The number of para-hydroxylation sites is 2. The fourth-order valence-corrected chi connectivity index (χ4v) is 10.2. The van der Waals surface area contributed by atoms with E-state index in [-0.39, 0.29) is 0 Å². The smallest absolute Gasteiger partial charge is 0.0540 e. The van der Waals surface area contributed by atoms with Gasteiger partial charge in [-0.25, -0.2) is 0 Å². The minimum atomic E-state index is 1.10. The molecule has 0 N–H and O–H groups in total. The predicted octanol–water partition coefficient (Wildman–Crippen LogP) is 20.3. The summed E-state index contributed by atoms with van der Waals surface area (Å²) in [5, 5.41) is 4.85. The van der Waals surface area contributed by atoms with E-state index < -0.39 is 0 Å². The summed E-state index contributed by atoms with van der Waals surface area (Å²) in [6.45, 7) is 0. The van der Waals surface area contributed by atoms with E-state index in [0.717, 1.165) is 45.3 Å². The van der Waals surface area contributed by atoms with Gasteiger partial charge in [0.1, 0.15) is 0 Å². The van der Waals surface area contributed by atoms with Gasteiger partial charge in [0.05, 0.1) is 5.69 Å². The maximum absolute atomic E-state index is 2.37. The zero-order chi connectivity index (χ0) is 49.5. The molecule has 0 bridgehead atoms. The molecular weight excluding hydrogens is 893 g/mol. The quantitative estimate of drug-likeness (QED) is 0.106. The fraction of sp³-hybridized carbons (Fsp3) is 0. The third kappa shape index (κ3) is 9.56. The number of benzene rings is 12. The van der Waals surface area contributed by atoms with Crippen molar-refractivity contribution < 1.29 is 0 Å². The summed E-state index contributed by atoms with van der Waals surface area (Å²) in [5.74, 6) is 0. The van der Waals surface area contributed by atoms with E-state index in [1.165, 1.54) is 66.1 Å². The largest absolute Gasteiger partial charge is 0.311 e. The molecule has 0 aliphatic heterocycles. The van der Waals surface area contributed by atoms with Crippen LogP contribution in [0.5, 0.6) is 0 Å². The van der Waals surface area contributed by atoms with Crippen LogP contribution >= 0.6 is 0 Å². The monoisotopic (exact) mass is 944 g/mol. The molecule has 74 heavy (non-hydrogen) atoms. The molecule has 0 aromatic heterocycles. The third-order valence-corrected chi connectivity index (χ3v) is 13.9. The number of fused-ring (bicyclic) bond motifs is 2. The average Bonchev–Trinajstić information content (AvgIpc) is 3.48. The van der Waals surface area contributed by atoms with Crippen molar-refractivity contribution >= 4 is 80.0 Å². The molecule has 350 valence electrons. The Balaban J connectivity index is 0.828. The van der Waals surface area contributed by atoms with Crippen LogP contribution in [-0.2, 0) is 0 Å². The Hall–Kier alpha value is -9.76. The second-order valence-corrected chi connectivity index (χ2v) is 18.5. The number of nitrogens with zero attached hydrogens (tertiary/aromatic N) is 2. The molecule has 0 aliphatic rings. The van der Waals surface area contributed by atoms with Gasteiger partial charge in [-0.15, -0.1) is 0 Å². The highest BCUT2D eigenvalue weighted by Gasteiger charge is 2.19. The van der Waals surface area contributed by atoms with E-state index in [4.69, 9.17) is 0 Å². The maximum atomic E-state index is 2.37. The van der Waals surface area contributed by atoms with E-state index in [2.05, 4.69) is 313 Å². The van der Waals surface area contributed by atoms with Crippen LogP contribution in [-0.4, -0.2) is 0 Å². The second kappa shape index (κ2) is 20.9. The third-order valence-electron chi connectivity index (χ3n) is 13.9. The summed E-state index contributed by atoms with van der Waals surface area (Å²) in [7, 11) is 0. The molecule has 2 heteroatoms. The summed E-state index contributed by atoms with van der Waals surface area (Å²) in [5.41, 5.74) is 18.5. The molecule has 12 aromatic rings. The van der Waals surface area contributed by atoms with Crippen molar-refractivity contribution in [1.29, 1.82) is 0 Å². The molecule has 0 fully saturated rings. The summed E-state index contributed by atoms with van der Waals surface area (Å²) >= 11 is 0. The van der Waals surface area contributed by atoms with Gasteiger partial charge < -0.3 is 9.80 Å². The molecule has 0 saturated carbocycles. The Kier molecular flexibility index (Phi) is 12.8. The highest BCUT2D eigenvalue weighted by Crippen LogP contribution is 2.44. The van der Waals surface area contributed by atoms with Crippen LogP contribution in [0, 0.1) is 0 Å². The van der Waals surface area contributed by atoms with Gasteiger partial charge in [0, 0.05) is 33.8 Å². The fourth-order valence-electron chi connectivity index (χ4n) is 10.2. The van der Waals surface area contributed by atoms with Crippen molar-refractivity contribution in [1.82, 2.24) is 0 Å². The highest BCUT2D eigenvalue weighted by molar-refractivity contribution is 6.08. The molecule has 0 saturated heterocycles. The highest BCUT2D eigenvalue weighted by atomic mass is 15.1. The van der Waals surface area contributed by atoms with Gasteiger partial charge >= 0.3 is 0 Å². The SMILES string of the molecule is C(=C\c1ccc(N(c2ccccc2)c2ccc(-c3ccc(-c4ccc(-c5ccc(N(c6ccccc6)c6ccc(/C=C/c7ccccc7)cc6)c6ccccc56)cc4)c4ccccc34)cc2)cc1)/c1ccccc1. The zero-order valence-electron chi connectivity index (χ0n) is 40.9. The van der Waals surface area contributed by atoms with E-state index in [9.17, 15) is 0 Å². The molecule has 0 aliphatic carbocycles. The lowest BCUT2D eigenvalue weighted by molar-refractivity contribution is 1.28. The lowest BCUT2D eigenvalue weighted by Gasteiger charge is -2.27. The Morgan fingerprint density at radius 1 is 0.189 bits per heavy atom. The summed E-state index contributed by atoms with van der Waals surface area (Å²) < 4.78 is 0. The molecule has 0 radical (unpaired) electrons. The number of hydrogen-bond donors (Lipinski definition) is 0. The first-order chi connectivity index (χ1) is 36.7. The van der Waals surface area contributed by atoms with Crippen LogP contribution in [0.4, 0.5) is 34.1 Å². The maximum Gasteiger partial charge on any atom is 0.0540 e. The van der Waals surface area contributed by atoms with Crippen LogP contribution in [0.1, 0.15) is 22.3 Å². The molecule has 0 amide bonds. The van der Waals surface area contributed by atoms with Crippen molar-refractivity contribution in [3.8, 4) is 33.4 Å². The molecule has 12 aromatic carbocycles. The normalized spacial score (nSPS) is 11.4. The van der Waals surface area contributed by atoms with Crippen molar-refractivity contribution in [2.45, 2.75) is 0 Å². The molecule has 0 heterocycles. The van der Waals surface area contributed by atoms with Gasteiger partial charge in [-0.3, -0.25) is 0 Å². The van der Waals surface area contributed by atoms with E-state index in [1.807, 2.05) is 12.1 Å². The molecule has 0 atom stereocenters. The minimum absolute atomic E-state index is 1.10. The molecule has 2 nitrogen and oxygen atoms in total. The standard InChI is InChI=1S/C72H52N2/c1-5-17-53(18-6-1)29-31-55-33-43-62(44-34-55)73(60-21-9-3-10-22-60)63-47-41-59(42-48-63)66-50-49-65(68-25-13-14-26-69(66)68)57-37-39-58(40-38-57)67-51-52-72(71-28-16-15-27-70(67)71)74(61-23-11-4-12-24-61)64-45-35-56(36-46-64)32-30-54-19-7-2-8-20-54/h1-52H/b31-29+,32-30+. The molecule has 0 spiro atoms. The van der Waals surface area contributed by atoms with Gasteiger partial charge in [-0.2, -0.15) is 0 Å². The number of anilines is 6. The van der Waals surface area contributed by atoms with E-state index in [0.29, 0.717) is 0 Å². The molecular formula is C72H52N2. The van der Waals surface area contributed by atoms with Gasteiger partial charge in [0.25, 0.3) is 0 Å². The van der Waals surface area contributed by atoms with Crippen LogP contribution in [0.15, 0.2) is 291 Å². The van der Waals surface area contributed by atoms with Crippen molar-refractivity contribution in [2.24, 2.45) is 0 Å². The van der Waals surface area contributed by atoms with E-state index in [1.54, 1.807) is 0 Å². The number of hydrogen-bond acceptors (Lipinski definition) is 2. The van der Waals surface area contributed by atoms with Gasteiger partial charge in [-0.1, -0.05) is 249 Å². The minimum Gasteiger partial charge on any atom is -0.311 e. The zero-order valence-corrected chi connectivity index (χ0v) is 40.9. The topological polar surface area (TPSA) is 6.48 Å². The summed E-state index contributed by atoms with van der Waals surface area (Å²) in [6.07, 6.45) is 8.66. The molecule has 0 unspecified atom stereocenters. The van der Waals surface area contributed by atoms with Crippen LogP contribution < -0.4 is 9.80 Å². The molecule has 12 rings (SSSR count). The number of rotatable bonds is 13. The first kappa shape index (κ1) is 45.4. The van der Waals surface area contributed by atoms with Gasteiger partial charge in [0.15, 0.2) is 0 Å². The lowest BCUT2D eigenvalue weighted by atomic mass is 9.90. The van der Waals surface area contributed by atoms with Gasteiger partial charge in [-0.05, 0) is 139 Å². The van der Waals surface area contributed by atoms with E-state index >= 15 is 0 Å². The van der Waals surface area contributed by atoms with Crippen LogP contribution in [0.2, 0.25) is 0 Å². The summed E-state index contributed by atoms with van der Waals surface area (Å²) in [4.78, 5) is 4.69. The Bertz CT molecular complexity index is 3880. The van der Waals surface area contributed by atoms with Crippen molar-refractivity contribution in [3.05, 3.63) is 313 Å².